The average Bonchev–Trinajstić information content (AvgIpc) is 3.26. The first-order valence-corrected chi connectivity index (χ1v) is 8.35. The minimum Gasteiger partial charge on any atom is -0.336 e. The van der Waals surface area contributed by atoms with Gasteiger partial charge < -0.3 is 5.32 Å². The van der Waals surface area contributed by atoms with Crippen LogP contribution in [0, 0.1) is 0 Å². The summed E-state index contributed by atoms with van der Waals surface area (Å²) < 4.78 is 0. The topological polar surface area (TPSA) is 133 Å². The molecule has 3 amide bonds. The van der Waals surface area contributed by atoms with Gasteiger partial charge in [-0.3, -0.25) is 24.6 Å². The van der Waals surface area contributed by atoms with Gasteiger partial charge >= 0.3 is 0 Å². The minimum absolute atomic E-state index is 0.186. The van der Waals surface area contributed by atoms with Crippen LogP contribution in [0.1, 0.15) is 23.2 Å². The molecule has 27 heavy (non-hydrogen) atoms. The first-order valence-electron chi connectivity index (χ1n) is 8.35. The summed E-state index contributed by atoms with van der Waals surface area (Å²) in [7, 11) is 0. The second-order valence-electron chi connectivity index (χ2n) is 6.35. The lowest BCUT2D eigenvalue weighted by Crippen LogP contribution is -2.53. The van der Waals surface area contributed by atoms with Crippen LogP contribution >= 0.6 is 0 Å². The molecule has 0 aliphatic carbocycles. The summed E-state index contributed by atoms with van der Waals surface area (Å²) in [6.45, 7) is 0. The van der Waals surface area contributed by atoms with Crippen molar-refractivity contribution in [1.82, 2.24) is 25.7 Å². The van der Waals surface area contributed by atoms with Gasteiger partial charge in [0.05, 0.1) is 23.6 Å². The van der Waals surface area contributed by atoms with Crippen molar-refractivity contribution in [2.75, 3.05) is 10.2 Å². The van der Waals surface area contributed by atoms with E-state index in [1.54, 1.807) is 18.3 Å². The van der Waals surface area contributed by atoms with Crippen LogP contribution in [0.15, 0.2) is 30.6 Å². The summed E-state index contributed by atoms with van der Waals surface area (Å²) in [6.07, 6.45) is 3.58. The molecule has 1 saturated heterocycles. The first kappa shape index (κ1) is 15.4. The molecule has 0 spiro atoms. The number of carbonyl (C=O) groups excluding carboxylic acids is 3. The molecule has 0 bridgehead atoms. The zero-order valence-corrected chi connectivity index (χ0v) is 13.9. The van der Waals surface area contributed by atoms with Crippen molar-refractivity contribution < 1.29 is 14.4 Å². The van der Waals surface area contributed by atoms with Crippen LogP contribution in [0.25, 0.3) is 10.8 Å². The van der Waals surface area contributed by atoms with Gasteiger partial charge in [0.15, 0.2) is 5.82 Å². The van der Waals surface area contributed by atoms with Crippen molar-refractivity contribution in [2.24, 2.45) is 0 Å². The zero-order chi connectivity index (χ0) is 18.5. The molecule has 2 aromatic heterocycles. The Balaban J connectivity index is 1.62. The quantitative estimate of drug-likeness (QED) is 0.588. The Labute approximate surface area is 151 Å². The van der Waals surface area contributed by atoms with Crippen LogP contribution in [0.5, 0.6) is 0 Å². The van der Waals surface area contributed by atoms with Crippen LogP contribution in [-0.4, -0.2) is 44.2 Å². The van der Waals surface area contributed by atoms with Crippen molar-refractivity contribution in [3.05, 3.63) is 36.2 Å². The number of H-pyrrole nitrogens is 1. The van der Waals surface area contributed by atoms with Crippen LogP contribution in [0.2, 0.25) is 0 Å². The first-order chi connectivity index (χ1) is 13.1. The Morgan fingerprint density at radius 1 is 1.19 bits per heavy atom. The number of rotatable bonds is 3. The number of nitrogens with zero attached hydrogens (tertiary/aromatic N) is 4. The van der Waals surface area contributed by atoms with E-state index in [2.05, 4.69) is 31.0 Å². The van der Waals surface area contributed by atoms with Crippen LogP contribution < -0.4 is 15.5 Å². The number of amides is 3. The molecule has 4 heterocycles. The van der Waals surface area contributed by atoms with Crippen molar-refractivity contribution in [3.8, 4) is 0 Å². The minimum atomic E-state index is -0.757. The summed E-state index contributed by atoms with van der Waals surface area (Å²) in [5, 5.41) is 17.1. The smallest absolute Gasteiger partial charge is 0.260 e. The standard InChI is InChI=1S/C17H13N7O3/c25-13-5-4-11(16(26)21-13)24-15-14-8(2-1-3-9(14)17(24)27)10(6-18-15)20-12-7-19-23-22-12/h1-3,6-7,11H,4-5H2,(H,21,25,26)(H2,19,20,22,23). The molecular formula is C17H13N7O3. The summed E-state index contributed by atoms with van der Waals surface area (Å²) in [6, 6.07) is 4.60. The molecule has 1 aromatic carbocycles. The second kappa shape index (κ2) is 5.59. The predicted octanol–water partition coefficient (Wildman–Crippen LogP) is 0.862. The maximum absolute atomic E-state index is 13.0. The second-order valence-corrected chi connectivity index (χ2v) is 6.35. The monoisotopic (exact) mass is 363 g/mol. The van der Waals surface area contributed by atoms with E-state index in [9.17, 15) is 14.4 Å². The Morgan fingerprint density at radius 2 is 2.07 bits per heavy atom. The van der Waals surface area contributed by atoms with E-state index in [1.165, 1.54) is 11.1 Å². The molecule has 0 radical (unpaired) electrons. The molecule has 1 atom stereocenters. The van der Waals surface area contributed by atoms with Gasteiger partial charge in [-0.2, -0.15) is 10.3 Å². The van der Waals surface area contributed by atoms with Gasteiger partial charge in [-0.15, -0.1) is 5.10 Å². The number of carbonyl (C=O) groups is 3. The molecule has 134 valence electrons. The largest absolute Gasteiger partial charge is 0.336 e. The van der Waals surface area contributed by atoms with Gasteiger partial charge in [-0.25, -0.2) is 4.98 Å². The van der Waals surface area contributed by atoms with Crippen LogP contribution in [0.3, 0.4) is 0 Å². The van der Waals surface area contributed by atoms with E-state index < -0.39 is 11.9 Å². The molecule has 10 nitrogen and oxygen atoms in total. The number of benzene rings is 1. The lowest BCUT2D eigenvalue weighted by Gasteiger charge is -2.29. The predicted molar refractivity (Wildman–Crippen MR) is 94.4 cm³/mol. The van der Waals surface area contributed by atoms with Crippen molar-refractivity contribution >= 4 is 45.8 Å². The lowest BCUT2D eigenvalue weighted by atomic mass is 10.0. The third-order valence-corrected chi connectivity index (χ3v) is 4.77. The van der Waals surface area contributed by atoms with Crippen molar-refractivity contribution in [2.45, 2.75) is 18.9 Å². The Kier molecular flexibility index (Phi) is 3.20. The van der Waals surface area contributed by atoms with E-state index in [-0.39, 0.29) is 24.7 Å². The highest BCUT2D eigenvalue weighted by atomic mass is 16.2. The number of hydrogen-bond acceptors (Lipinski definition) is 7. The van der Waals surface area contributed by atoms with E-state index in [0.29, 0.717) is 28.3 Å². The number of aromatic nitrogens is 4. The van der Waals surface area contributed by atoms with E-state index in [0.717, 1.165) is 5.39 Å². The molecule has 5 rings (SSSR count). The highest BCUT2D eigenvalue weighted by Gasteiger charge is 2.41. The number of anilines is 3. The molecule has 2 aliphatic heterocycles. The SMILES string of the molecule is O=C1CCC(N2C(=O)c3cccc4c(Nc5cn[nH]n5)cnc2c34)C(=O)N1. The van der Waals surface area contributed by atoms with Gasteiger partial charge in [-0.1, -0.05) is 12.1 Å². The van der Waals surface area contributed by atoms with E-state index in [4.69, 9.17) is 0 Å². The zero-order valence-electron chi connectivity index (χ0n) is 13.9. The number of nitrogens with one attached hydrogen (secondary N) is 3. The highest BCUT2D eigenvalue weighted by molar-refractivity contribution is 6.27. The molecule has 10 heteroatoms. The summed E-state index contributed by atoms with van der Waals surface area (Å²) in [5.74, 6) is -0.163. The van der Waals surface area contributed by atoms with Gasteiger partial charge in [0.1, 0.15) is 11.9 Å². The van der Waals surface area contributed by atoms with Crippen molar-refractivity contribution in [1.29, 1.82) is 0 Å². The molecule has 1 fully saturated rings. The van der Waals surface area contributed by atoms with Gasteiger partial charge in [-0.05, 0) is 12.5 Å². The normalized spacial score (nSPS) is 18.9. The molecule has 3 N–H and O–H groups in total. The Bertz CT molecular complexity index is 1110. The number of piperidine rings is 1. The highest BCUT2D eigenvalue weighted by Crippen LogP contribution is 2.41. The van der Waals surface area contributed by atoms with Gasteiger partial charge in [0.25, 0.3) is 5.91 Å². The molecule has 2 aliphatic rings. The van der Waals surface area contributed by atoms with Crippen LogP contribution in [-0.2, 0) is 9.59 Å². The molecular weight excluding hydrogens is 350 g/mol. The van der Waals surface area contributed by atoms with Crippen LogP contribution in [0.4, 0.5) is 17.3 Å². The Hall–Kier alpha value is -3.82. The molecule has 3 aromatic rings. The fourth-order valence-electron chi connectivity index (χ4n) is 3.58. The lowest BCUT2D eigenvalue weighted by molar-refractivity contribution is -0.134. The van der Waals surface area contributed by atoms with Gasteiger partial charge in [0, 0.05) is 17.2 Å². The maximum Gasteiger partial charge on any atom is 0.260 e. The summed E-state index contributed by atoms with van der Waals surface area (Å²) in [4.78, 5) is 42.6. The third-order valence-electron chi connectivity index (χ3n) is 4.77. The summed E-state index contributed by atoms with van der Waals surface area (Å²) in [5.41, 5.74) is 1.14. The number of aromatic amines is 1. The molecule has 0 saturated carbocycles. The van der Waals surface area contributed by atoms with Crippen molar-refractivity contribution in [3.63, 3.8) is 0 Å². The Morgan fingerprint density at radius 3 is 2.85 bits per heavy atom. The fraction of sp³-hybridized carbons (Fsp3) is 0.176. The number of hydrogen-bond donors (Lipinski definition) is 3. The van der Waals surface area contributed by atoms with E-state index in [1.807, 2.05) is 6.07 Å². The van der Waals surface area contributed by atoms with E-state index >= 15 is 0 Å². The number of pyridine rings is 1. The summed E-state index contributed by atoms with van der Waals surface area (Å²) >= 11 is 0. The average molecular weight is 363 g/mol. The maximum atomic E-state index is 13.0. The fourth-order valence-corrected chi connectivity index (χ4v) is 3.58. The number of imide groups is 1. The molecule has 1 unspecified atom stereocenters. The third kappa shape index (κ3) is 2.26. The van der Waals surface area contributed by atoms with Gasteiger partial charge in [0.2, 0.25) is 11.8 Å².